The largest absolute Gasteiger partial charge is 0.368 e. The molecule has 3 heterocycles. The number of benzene rings is 1. The van der Waals surface area contributed by atoms with Crippen molar-refractivity contribution in [3.05, 3.63) is 47.7 Å². The van der Waals surface area contributed by atoms with Gasteiger partial charge >= 0.3 is 0 Å². The van der Waals surface area contributed by atoms with Crippen LogP contribution in [0.2, 0.25) is 0 Å². The molecule has 1 amide bonds. The van der Waals surface area contributed by atoms with Crippen LogP contribution in [0, 0.1) is 12.7 Å². The predicted octanol–water partition coefficient (Wildman–Crippen LogP) is 1.64. The first-order chi connectivity index (χ1) is 14.0. The molecule has 7 nitrogen and oxygen atoms in total. The van der Waals surface area contributed by atoms with Gasteiger partial charge < -0.3 is 19.6 Å². The summed E-state index contributed by atoms with van der Waals surface area (Å²) in [6.07, 6.45) is 0. The number of carbonyl (C=O) groups is 1. The smallest absolute Gasteiger partial charge is 0.272 e. The number of amides is 1. The molecule has 0 unspecified atom stereocenters. The first-order valence-electron chi connectivity index (χ1n) is 10.1. The first-order valence-corrected chi connectivity index (χ1v) is 10.1. The molecular formula is C21H27FN6O. The van der Waals surface area contributed by atoms with Crippen molar-refractivity contribution in [1.82, 2.24) is 19.8 Å². The van der Waals surface area contributed by atoms with E-state index in [4.69, 9.17) is 0 Å². The van der Waals surface area contributed by atoms with Gasteiger partial charge in [-0.25, -0.2) is 14.4 Å². The number of hydrogen-bond acceptors (Lipinski definition) is 6. The minimum atomic E-state index is -0.221. The van der Waals surface area contributed by atoms with E-state index in [1.807, 2.05) is 30.0 Å². The van der Waals surface area contributed by atoms with Crippen molar-refractivity contribution in [3.8, 4) is 0 Å². The Kier molecular flexibility index (Phi) is 5.62. The highest BCUT2D eigenvalue weighted by atomic mass is 19.1. The highest BCUT2D eigenvalue weighted by Crippen LogP contribution is 2.21. The normalized spacial score (nSPS) is 18.2. The molecule has 1 aromatic heterocycles. The Morgan fingerprint density at radius 2 is 1.52 bits per heavy atom. The third-order valence-electron chi connectivity index (χ3n) is 5.63. The van der Waals surface area contributed by atoms with E-state index in [0.29, 0.717) is 11.5 Å². The van der Waals surface area contributed by atoms with Crippen LogP contribution in [-0.4, -0.2) is 85.1 Å². The van der Waals surface area contributed by atoms with Gasteiger partial charge in [-0.15, -0.1) is 0 Å². The average Bonchev–Trinajstić information content (AvgIpc) is 2.74. The molecule has 0 radical (unpaired) electrons. The van der Waals surface area contributed by atoms with Crippen LogP contribution in [-0.2, 0) is 0 Å². The summed E-state index contributed by atoms with van der Waals surface area (Å²) in [4.78, 5) is 30.4. The lowest BCUT2D eigenvalue weighted by Crippen LogP contribution is -2.48. The summed E-state index contributed by atoms with van der Waals surface area (Å²) in [5, 5.41) is 0. The fourth-order valence-corrected chi connectivity index (χ4v) is 3.84. The number of rotatable bonds is 3. The molecule has 0 bridgehead atoms. The summed E-state index contributed by atoms with van der Waals surface area (Å²) in [5.74, 6) is 1.17. The number of halogens is 1. The summed E-state index contributed by atoms with van der Waals surface area (Å²) in [6.45, 7) is 8.26. The van der Waals surface area contributed by atoms with E-state index in [1.165, 1.54) is 12.1 Å². The molecule has 2 aromatic rings. The molecule has 29 heavy (non-hydrogen) atoms. The average molecular weight is 398 g/mol. The van der Waals surface area contributed by atoms with E-state index in [9.17, 15) is 9.18 Å². The second-order valence-electron chi connectivity index (χ2n) is 7.70. The van der Waals surface area contributed by atoms with Gasteiger partial charge in [0, 0.05) is 64.1 Å². The summed E-state index contributed by atoms with van der Waals surface area (Å²) < 4.78 is 13.2. The number of nitrogens with zero attached hydrogens (tertiary/aromatic N) is 6. The maximum Gasteiger partial charge on any atom is 0.272 e. The van der Waals surface area contributed by atoms with Crippen molar-refractivity contribution in [2.45, 2.75) is 6.92 Å². The van der Waals surface area contributed by atoms with E-state index < -0.39 is 0 Å². The van der Waals surface area contributed by atoms with Crippen LogP contribution in [0.3, 0.4) is 0 Å². The molecule has 0 spiro atoms. The van der Waals surface area contributed by atoms with Crippen LogP contribution in [0.25, 0.3) is 0 Å². The third kappa shape index (κ3) is 4.48. The van der Waals surface area contributed by atoms with Crippen LogP contribution < -0.4 is 9.80 Å². The molecule has 0 aliphatic carbocycles. The summed E-state index contributed by atoms with van der Waals surface area (Å²) >= 11 is 0. The molecule has 0 saturated carbocycles. The van der Waals surface area contributed by atoms with Gasteiger partial charge in [-0.2, -0.15) is 0 Å². The minimum Gasteiger partial charge on any atom is -0.368 e. The standard InChI is InChI=1S/C21H27FN6O/c1-16-23-19(21(29)28-9-7-25(2)8-10-28)15-20(24-16)27-13-11-26(12-14-27)18-5-3-17(22)4-6-18/h3-6,15H,7-14H2,1-2H3. The van der Waals surface area contributed by atoms with Crippen LogP contribution in [0.15, 0.2) is 30.3 Å². The molecule has 4 rings (SSSR count). The zero-order valence-electron chi connectivity index (χ0n) is 17.0. The lowest BCUT2D eigenvalue weighted by molar-refractivity contribution is 0.0658. The van der Waals surface area contributed by atoms with Gasteiger partial charge in [-0.1, -0.05) is 0 Å². The van der Waals surface area contributed by atoms with Gasteiger partial charge in [0.1, 0.15) is 23.2 Å². The number of aromatic nitrogens is 2. The van der Waals surface area contributed by atoms with E-state index in [0.717, 1.165) is 63.9 Å². The van der Waals surface area contributed by atoms with Crippen molar-refractivity contribution < 1.29 is 9.18 Å². The van der Waals surface area contributed by atoms with Gasteiger partial charge in [-0.3, -0.25) is 4.79 Å². The van der Waals surface area contributed by atoms with E-state index in [-0.39, 0.29) is 11.7 Å². The Labute approximate surface area is 170 Å². The quantitative estimate of drug-likeness (QED) is 0.784. The van der Waals surface area contributed by atoms with Crippen molar-refractivity contribution in [2.75, 3.05) is 69.2 Å². The van der Waals surface area contributed by atoms with E-state index >= 15 is 0 Å². The molecule has 2 aliphatic rings. The molecule has 0 atom stereocenters. The lowest BCUT2D eigenvalue weighted by atomic mass is 10.2. The highest BCUT2D eigenvalue weighted by Gasteiger charge is 2.24. The first kappa shape index (κ1) is 19.6. The third-order valence-corrected chi connectivity index (χ3v) is 5.63. The SMILES string of the molecule is Cc1nc(C(=O)N2CCN(C)CC2)cc(N2CCN(c3ccc(F)cc3)CC2)n1. The van der Waals surface area contributed by atoms with Crippen molar-refractivity contribution in [2.24, 2.45) is 0 Å². The number of anilines is 2. The zero-order chi connectivity index (χ0) is 20.4. The van der Waals surface area contributed by atoms with Gasteiger partial charge in [0.25, 0.3) is 5.91 Å². The molecule has 2 aliphatic heterocycles. The highest BCUT2D eigenvalue weighted by molar-refractivity contribution is 5.93. The van der Waals surface area contributed by atoms with E-state index in [2.05, 4.69) is 31.7 Å². The second-order valence-corrected chi connectivity index (χ2v) is 7.70. The van der Waals surface area contributed by atoms with Crippen molar-refractivity contribution >= 4 is 17.4 Å². The summed E-state index contributed by atoms with van der Waals surface area (Å²) in [5.41, 5.74) is 1.49. The zero-order valence-corrected chi connectivity index (χ0v) is 17.0. The molecule has 0 N–H and O–H groups in total. The number of piperazine rings is 2. The molecule has 8 heteroatoms. The minimum absolute atomic E-state index is 0.0187. The Bertz CT molecular complexity index is 858. The Hall–Kier alpha value is -2.74. The van der Waals surface area contributed by atoms with E-state index in [1.54, 1.807) is 0 Å². The Morgan fingerprint density at radius 1 is 0.897 bits per heavy atom. The topological polar surface area (TPSA) is 55.8 Å². The van der Waals surface area contributed by atoms with Crippen LogP contribution in [0.1, 0.15) is 16.3 Å². The van der Waals surface area contributed by atoms with Crippen molar-refractivity contribution in [1.29, 1.82) is 0 Å². The second kappa shape index (κ2) is 8.32. The number of aryl methyl sites for hydroxylation is 1. The Balaban J connectivity index is 1.44. The van der Waals surface area contributed by atoms with Crippen LogP contribution >= 0.6 is 0 Å². The van der Waals surface area contributed by atoms with Gasteiger partial charge in [0.15, 0.2) is 0 Å². The molecular weight excluding hydrogens is 371 g/mol. The number of hydrogen-bond donors (Lipinski definition) is 0. The number of carbonyl (C=O) groups excluding carboxylic acids is 1. The molecule has 1 aromatic carbocycles. The monoisotopic (exact) mass is 398 g/mol. The van der Waals surface area contributed by atoms with Gasteiger partial charge in [-0.05, 0) is 38.2 Å². The maximum absolute atomic E-state index is 13.2. The predicted molar refractivity (Wildman–Crippen MR) is 111 cm³/mol. The molecule has 2 saturated heterocycles. The van der Waals surface area contributed by atoms with Gasteiger partial charge in [0.2, 0.25) is 0 Å². The Morgan fingerprint density at radius 3 is 2.17 bits per heavy atom. The maximum atomic E-state index is 13.2. The molecule has 154 valence electrons. The fraction of sp³-hybridized carbons (Fsp3) is 0.476. The van der Waals surface area contributed by atoms with Crippen LogP contribution in [0.5, 0.6) is 0 Å². The summed E-state index contributed by atoms with van der Waals surface area (Å²) in [7, 11) is 2.07. The number of likely N-dealkylation sites (N-methyl/N-ethyl adjacent to an activating group) is 1. The van der Waals surface area contributed by atoms with Gasteiger partial charge in [0.05, 0.1) is 0 Å². The molecule has 2 fully saturated rings. The van der Waals surface area contributed by atoms with Crippen LogP contribution in [0.4, 0.5) is 15.9 Å². The van der Waals surface area contributed by atoms with Crippen molar-refractivity contribution in [3.63, 3.8) is 0 Å². The summed E-state index contributed by atoms with van der Waals surface area (Å²) in [6, 6.07) is 8.43. The fourth-order valence-electron chi connectivity index (χ4n) is 3.84. The lowest BCUT2D eigenvalue weighted by Gasteiger charge is -2.37.